The van der Waals surface area contributed by atoms with Crippen LogP contribution in [0.4, 0.5) is 0 Å². The van der Waals surface area contributed by atoms with Crippen molar-refractivity contribution in [2.24, 2.45) is 0 Å². The van der Waals surface area contributed by atoms with E-state index in [0.29, 0.717) is 38.5 Å². The molecule has 2 aliphatic rings. The molecular weight excluding hydrogens is 1340 g/mol. The summed E-state index contributed by atoms with van der Waals surface area (Å²) >= 11 is 0. The predicted octanol–water partition coefficient (Wildman–Crippen LogP) is 20.6. The fourth-order valence-electron chi connectivity index (χ4n) is 12.3. The lowest BCUT2D eigenvalue weighted by Crippen LogP contribution is -2.64. The van der Waals surface area contributed by atoms with Gasteiger partial charge in [-0.3, -0.25) is 31.9 Å². The van der Waals surface area contributed by atoms with E-state index in [2.05, 4.69) is 66.2 Å². The molecule has 0 radical (unpaired) electrons. The number of hydrogen-bond donors (Lipinski definition) is 1. The smallest absolute Gasteiger partial charge is 0.454 e. The Labute approximate surface area is 623 Å². The third-order valence-corrected chi connectivity index (χ3v) is 21.1. The van der Waals surface area contributed by atoms with Gasteiger partial charge in [-0.2, -0.15) is 0 Å². The topological polar surface area (TPSA) is 219 Å². The molecule has 2 rings (SSSR count). The molecule has 22 heteroatoms. The Balaban J connectivity index is 2.75. The molecular formula is C80H148O20P2. The van der Waals surface area contributed by atoms with Gasteiger partial charge in [0.05, 0.1) is 61.7 Å². The fourth-order valence-corrected chi connectivity index (χ4v) is 14.8. The number of ether oxygens (including phenoxy) is 10. The summed E-state index contributed by atoms with van der Waals surface area (Å²) in [4.78, 5) is 14.5. The number of aliphatic hydroxyl groups is 1. The minimum atomic E-state index is -4.52. The molecule has 13 atom stereocenters. The highest BCUT2D eigenvalue weighted by atomic mass is 31.2. The molecule has 20 nitrogen and oxygen atoms in total. The molecule has 2 heterocycles. The molecule has 3 unspecified atom stereocenters. The van der Waals surface area contributed by atoms with E-state index in [1.54, 1.807) is 7.11 Å². The van der Waals surface area contributed by atoms with Gasteiger partial charge in [0.2, 0.25) is 0 Å². The van der Waals surface area contributed by atoms with Crippen molar-refractivity contribution in [3.8, 4) is 0 Å². The summed E-state index contributed by atoms with van der Waals surface area (Å²) < 4.78 is 147. The molecule has 0 amide bonds. The maximum atomic E-state index is 14.8. The van der Waals surface area contributed by atoms with Crippen LogP contribution in [-0.4, -0.2) is 165 Å². The van der Waals surface area contributed by atoms with Crippen molar-refractivity contribution in [2.75, 3.05) is 86.8 Å². The number of unbranched alkanes of at least 4 members (excludes halogenated alkanes) is 31. The van der Waals surface area contributed by atoms with Gasteiger partial charge in [0.15, 0.2) is 18.7 Å². The average Bonchev–Trinajstić information content (AvgIpc) is 0.773. The van der Waals surface area contributed by atoms with E-state index in [1.165, 1.54) is 108 Å². The number of carbonyl (C=O) groups excluding carboxylic acids is 1. The molecule has 102 heavy (non-hydrogen) atoms. The summed E-state index contributed by atoms with van der Waals surface area (Å²) in [5.41, 5.74) is 0. The first-order valence-corrected chi connectivity index (χ1v) is 43.0. The van der Waals surface area contributed by atoms with E-state index in [4.69, 9.17) is 74.5 Å². The van der Waals surface area contributed by atoms with Crippen molar-refractivity contribution >= 4 is 21.6 Å². The average molecular weight is 1490 g/mol. The molecule has 0 bridgehead atoms. The van der Waals surface area contributed by atoms with Gasteiger partial charge in [-0.25, -0.2) is 9.13 Å². The molecule has 0 saturated carbocycles. The number of carbonyl (C=O) groups is 1. The van der Waals surface area contributed by atoms with Crippen LogP contribution in [0.3, 0.4) is 0 Å². The zero-order valence-electron chi connectivity index (χ0n) is 66.8. The van der Waals surface area contributed by atoms with Crippen LogP contribution in [0.1, 0.15) is 294 Å². The largest absolute Gasteiger partial charge is 0.475 e. The lowest BCUT2D eigenvalue weighted by molar-refractivity contribution is -0.340. The second-order valence-corrected chi connectivity index (χ2v) is 30.4. The highest BCUT2D eigenvalue weighted by Crippen LogP contribution is 2.53. The number of esters is 1. The van der Waals surface area contributed by atoms with Crippen LogP contribution in [-0.2, 0) is 88.4 Å². The lowest BCUT2D eigenvalue weighted by atomic mass is 9.97. The van der Waals surface area contributed by atoms with Crippen molar-refractivity contribution in [3.05, 3.63) is 62.8 Å². The van der Waals surface area contributed by atoms with Crippen molar-refractivity contribution in [3.63, 3.8) is 0 Å². The Bertz CT molecular complexity index is 2170. The summed E-state index contributed by atoms with van der Waals surface area (Å²) in [6.07, 6.45) is 37.2. The number of phosphoric acid groups is 2. The molecule has 0 spiro atoms. The predicted molar refractivity (Wildman–Crippen MR) is 409 cm³/mol. The van der Waals surface area contributed by atoms with Crippen LogP contribution < -0.4 is 0 Å². The van der Waals surface area contributed by atoms with E-state index < -0.39 is 103 Å². The number of aliphatic hydroxyl groups excluding tert-OH is 1. The Hall–Kier alpha value is -2.01. The minimum absolute atomic E-state index is 0.0481. The Morgan fingerprint density at radius 2 is 0.873 bits per heavy atom. The van der Waals surface area contributed by atoms with Crippen molar-refractivity contribution < 1.29 is 96.3 Å². The maximum Gasteiger partial charge on any atom is 0.475 e. The highest BCUT2D eigenvalue weighted by Gasteiger charge is 2.54. The summed E-state index contributed by atoms with van der Waals surface area (Å²) in [6, 6.07) is 0. The van der Waals surface area contributed by atoms with E-state index in [0.717, 1.165) is 141 Å². The Kier molecular flexibility index (Phi) is 59.8. The summed E-state index contributed by atoms with van der Waals surface area (Å²) in [5, 5.41) is 12.8. The second kappa shape index (κ2) is 66.0. The molecule has 0 aromatic rings. The highest BCUT2D eigenvalue weighted by molar-refractivity contribution is 7.48. The number of rotatable bonds is 75. The SMILES string of the molecule is [2H]C(CCCCCCCCCCC)O[C@H]1[C@H](O)[C@@H](CO[C@@H]2O[C@H](COC)[C@@H](OP(=O)(OCC=C)OCC=C)[C@H](OCC[C@@H](CCCCCCC)OC)[C@H]2OC(=O)CCCCCCCCC/C=C\CCCCCC)OC(OCCOP(=O)(OCC=C)OCC=C)[C@@H]1OC([2H])CCCCCCCCCCC. The molecule has 2 aliphatic heterocycles. The van der Waals surface area contributed by atoms with Crippen molar-refractivity contribution in [1.29, 1.82) is 0 Å². The fraction of sp³-hybridized carbons (Fsp3) is 0.863. The second-order valence-electron chi connectivity index (χ2n) is 27.1. The molecule has 2 saturated heterocycles. The molecule has 598 valence electrons. The quantitative estimate of drug-likeness (QED) is 0.0259. The molecule has 0 aromatic carbocycles. The van der Waals surface area contributed by atoms with Gasteiger partial charge in [0.1, 0.15) is 42.7 Å². The van der Waals surface area contributed by atoms with E-state index in [9.17, 15) is 21.8 Å². The zero-order chi connectivity index (χ0) is 76.0. The van der Waals surface area contributed by atoms with Gasteiger partial charge >= 0.3 is 21.6 Å². The third kappa shape index (κ3) is 46.4. The number of methoxy groups -OCH3 is 2. The summed E-state index contributed by atoms with van der Waals surface area (Å²) in [6.45, 7) is 19.5. The normalized spacial score (nSPS) is 22.3. The first kappa shape index (κ1) is 92.4. The molecule has 2 fully saturated rings. The van der Waals surface area contributed by atoms with Crippen LogP contribution in [0.5, 0.6) is 0 Å². The van der Waals surface area contributed by atoms with Crippen molar-refractivity contribution in [2.45, 2.75) is 358 Å². The van der Waals surface area contributed by atoms with Gasteiger partial charge in [-0.05, 0) is 57.8 Å². The minimum Gasteiger partial charge on any atom is -0.454 e. The third-order valence-electron chi connectivity index (χ3n) is 18.2. The van der Waals surface area contributed by atoms with Crippen molar-refractivity contribution in [1.82, 2.24) is 0 Å². The first-order valence-electron chi connectivity index (χ1n) is 41.2. The monoisotopic (exact) mass is 1490 g/mol. The zero-order valence-corrected chi connectivity index (χ0v) is 66.5. The van der Waals surface area contributed by atoms with Crippen LogP contribution >= 0.6 is 15.6 Å². The van der Waals surface area contributed by atoms with Gasteiger partial charge in [0.25, 0.3) is 0 Å². The van der Waals surface area contributed by atoms with Gasteiger partial charge < -0.3 is 52.5 Å². The summed E-state index contributed by atoms with van der Waals surface area (Å²) in [7, 11) is -5.54. The Morgan fingerprint density at radius 3 is 1.36 bits per heavy atom. The van der Waals surface area contributed by atoms with Gasteiger partial charge in [-0.1, -0.05) is 263 Å². The standard InChI is InChI=1S/C80H148O20P2/c1-11-19-23-27-30-33-36-37-38-39-40-41-44-48-52-56-72(81)99-78-76(89-64-57-69(86-10)55-51-47-26-22-14-4)74(100-102(84,94-60-17-7)95-61-18-8)71(67-85-9)98-80(78)91-68-70-73(82)75(87-62-53-49-45-42-34-31-28-24-20-12-2)77(88-63-54-50-46-43-35-32-29-25-21-13-3)79(97-70)90-65-66-96-101(83,92-58-15-5)93-59-16-6/h15-18,33,36,69-71,73-80,82H,5-8,11-14,19-32,34-35,37-68H2,1-4,9-10H3/b36-33-/t69-,70-,71-,73-,74-,75+,76+,77-,78-,79?,80-/m1/s1/i62D,63D/t62?,63?,69-,70-,71-,73-,74-,75+,76+,77-,78-,79?,80-. The number of phosphoric ester groups is 2. The van der Waals surface area contributed by atoms with Gasteiger partial charge in [-0.15, -0.1) is 26.3 Å². The van der Waals surface area contributed by atoms with Crippen LogP contribution in [0.15, 0.2) is 62.8 Å². The first-order chi connectivity index (χ1) is 50.6. The van der Waals surface area contributed by atoms with E-state index in [1.807, 2.05) is 0 Å². The van der Waals surface area contributed by atoms with Crippen LogP contribution in [0.25, 0.3) is 0 Å². The van der Waals surface area contributed by atoms with E-state index in [-0.39, 0.29) is 65.4 Å². The van der Waals surface area contributed by atoms with Gasteiger partial charge in [0, 0.05) is 40.4 Å². The molecule has 1 N–H and O–H groups in total. The Morgan fingerprint density at radius 1 is 0.441 bits per heavy atom. The maximum absolute atomic E-state index is 14.8. The number of hydrogen-bond acceptors (Lipinski definition) is 20. The van der Waals surface area contributed by atoms with E-state index >= 15 is 0 Å². The molecule has 0 aliphatic carbocycles. The lowest BCUT2D eigenvalue weighted by Gasteiger charge is -2.47. The molecule has 0 aromatic heterocycles. The summed E-state index contributed by atoms with van der Waals surface area (Å²) in [5.74, 6) is -0.574. The van der Waals surface area contributed by atoms with Crippen LogP contribution in [0.2, 0.25) is 0 Å². The van der Waals surface area contributed by atoms with Crippen LogP contribution in [0, 0.1) is 0 Å². The number of allylic oxidation sites excluding steroid dienone is 2.